The third-order valence-electron chi connectivity index (χ3n) is 6.34. The minimum atomic E-state index is -1.05. The van der Waals surface area contributed by atoms with E-state index in [1.54, 1.807) is 39.0 Å². The SMILES string of the molecule is COC(=O)c1ccc(-c2cc(I)c(F)cc2F)c(C)c1.Cc1c(C(=O)O)ccc(-c2cc(N)c(F)cc2F)c1C. The maximum Gasteiger partial charge on any atom is 0.337 e. The second kappa shape index (κ2) is 12.5. The molecule has 10 heteroatoms. The molecule has 4 rings (SSSR count). The molecular formula is C30H24F4INO4. The van der Waals surface area contributed by atoms with E-state index < -0.39 is 35.2 Å². The van der Waals surface area contributed by atoms with Crippen molar-refractivity contribution in [2.24, 2.45) is 0 Å². The van der Waals surface area contributed by atoms with Gasteiger partial charge in [0.15, 0.2) is 0 Å². The molecule has 0 aliphatic rings. The Morgan fingerprint density at radius 2 is 1.32 bits per heavy atom. The molecule has 0 aliphatic heterocycles. The summed E-state index contributed by atoms with van der Waals surface area (Å²) in [6.07, 6.45) is 0. The van der Waals surface area contributed by atoms with Gasteiger partial charge in [0.1, 0.15) is 23.3 Å². The van der Waals surface area contributed by atoms with Crippen LogP contribution in [0, 0.1) is 47.6 Å². The Morgan fingerprint density at radius 1 is 0.750 bits per heavy atom. The molecule has 3 N–H and O–H groups in total. The van der Waals surface area contributed by atoms with E-state index in [2.05, 4.69) is 4.74 Å². The third kappa shape index (κ3) is 6.44. The van der Waals surface area contributed by atoms with Gasteiger partial charge >= 0.3 is 11.9 Å². The quantitative estimate of drug-likeness (QED) is 0.0762. The Morgan fingerprint density at radius 3 is 1.90 bits per heavy atom. The third-order valence-corrected chi connectivity index (χ3v) is 7.17. The summed E-state index contributed by atoms with van der Waals surface area (Å²) in [4.78, 5) is 22.5. The molecule has 0 saturated heterocycles. The lowest BCUT2D eigenvalue weighted by Gasteiger charge is -2.13. The summed E-state index contributed by atoms with van der Waals surface area (Å²) in [6, 6.07) is 12.0. The summed E-state index contributed by atoms with van der Waals surface area (Å²) >= 11 is 1.81. The molecular weight excluding hydrogens is 641 g/mol. The molecule has 0 heterocycles. The highest BCUT2D eigenvalue weighted by atomic mass is 127. The topological polar surface area (TPSA) is 89.6 Å². The number of carbonyl (C=O) groups is 2. The Hall–Kier alpha value is -3.93. The largest absolute Gasteiger partial charge is 0.478 e. The van der Waals surface area contributed by atoms with Crippen LogP contribution >= 0.6 is 22.6 Å². The van der Waals surface area contributed by atoms with E-state index in [-0.39, 0.29) is 16.8 Å². The van der Waals surface area contributed by atoms with Crippen molar-refractivity contribution in [3.8, 4) is 22.3 Å². The predicted molar refractivity (Wildman–Crippen MR) is 153 cm³/mol. The second-order valence-electron chi connectivity index (χ2n) is 8.84. The zero-order valence-electron chi connectivity index (χ0n) is 21.8. The fourth-order valence-corrected chi connectivity index (χ4v) is 4.52. The van der Waals surface area contributed by atoms with Gasteiger partial charge in [0.25, 0.3) is 0 Å². The summed E-state index contributed by atoms with van der Waals surface area (Å²) in [5.41, 5.74) is 9.31. The maximum atomic E-state index is 13.9. The Kier molecular flexibility index (Phi) is 9.56. The number of nitrogens with two attached hydrogens (primary N) is 1. The first-order chi connectivity index (χ1) is 18.8. The summed E-state index contributed by atoms with van der Waals surface area (Å²) < 4.78 is 59.2. The number of rotatable bonds is 4. The summed E-state index contributed by atoms with van der Waals surface area (Å²) in [5.74, 6) is -4.26. The maximum absolute atomic E-state index is 13.9. The lowest BCUT2D eigenvalue weighted by molar-refractivity contribution is 0.0599. The van der Waals surface area contributed by atoms with Crippen LogP contribution in [0.5, 0.6) is 0 Å². The van der Waals surface area contributed by atoms with E-state index >= 15 is 0 Å². The second-order valence-corrected chi connectivity index (χ2v) is 10.00. The van der Waals surface area contributed by atoms with Crippen LogP contribution in [-0.4, -0.2) is 24.2 Å². The molecule has 0 spiro atoms. The van der Waals surface area contributed by atoms with E-state index in [4.69, 9.17) is 10.8 Å². The van der Waals surface area contributed by atoms with Crippen molar-refractivity contribution in [2.45, 2.75) is 20.8 Å². The predicted octanol–water partition coefficient (Wildman–Crippen LogP) is 7.86. The highest BCUT2D eigenvalue weighted by Crippen LogP contribution is 2.32. The van der Waals surface area contributed by atoms with Crippen LogP contribution < -0.4 is 5.73 Å². The highest BCUT2D eigenvalue weighted by molar-refractivity contribution is 14.1. The van der Waals surface area contributed by atoms with Crippen molar-refractivity contribution in [3.05, 3.63) is 109 Å². The number of aromatic carboxylic acids is 1. The zero-order valence-corrected chi connectivity index (χ0v) is 24.0. The molecule has 4 aromatic carbocycles. The van der Waals surface area contributed by atoms with Crippen LogP contribution in [0.15, 0.2) is 54.6 Å². The number of carboxylic acid groups (broad SMARTS) is 1. The standard InChI is InChI=1S/C15H11F2IO2.C15H13F2NO2/c1-8-5-9(15(19)20-2)3-4-10(8)11-6-14(18)13(17)7-12(11)16;1-7-8(2)10(15(19)20)4-3-9(7)11-5-14(18)13(17)6-12(11)16/h3-7H,1-2H3;3-6H,18H2,1-2H3,(H,19,20). The van der Waals surface area contributed by atoms with Crippen molar-refractivity contribution < 1.29 is 37.0 Å². The van der Waals surface area contributed by atoms with Gasteiger partial charge in [-0.05, 0) is 102 Å². The number of halogens is 5. The summed E-state index contributed by atoms with van der Waals surface area (Å²) in [6.45, 7) is 5.10. The number of benzene rings is 4. The molecule has 0 amide bonds. The van der Waals surface area contributed by atoms with Gasteiger partial charge in [-0.25, -0.2) is 27.2 Å². The van der Waals surface area contributed by atoms with Gasteiger partial charge in [0, 0.05) is 26.8 Å². The molecule has 0 atom stereocenters. The van der Waals surface area contributed by atoms with Gasteiger partial charge in [-0.1, -0.05) is 12.1 Å². The minimum absolute atomic E-state index is 0.152. The Labute approximate surface area is 241 Å². The summed E-state index contributed by atoms with van der Waals surface area (Å²) in [5, 5.41) is 9.04. The van der Waals surface area contributed by atoms with E-state index in [0.717, 1.165) is 12.1 Å². The average Bonchev–Trinajstić information content (AvgIpc) is 2.90. The highest BCUT2D eigenvalue weighted by Gasteiger charge is 2.17. The smallest absolute Gasteiger partial charge is 0.337 e. The van der Waals surface area contributed by atoms with Crippen LogP contribution in [0.4, 0.5) is 23.2 Å². The lowest BCUT2D eigenvalue weighted by Crippen LogP contribution is -2.03. The molecule has 0 aromatic heterocycles. The van der Waals surface area contributed by atoms with Gasteiger partial charge in [0.2, 0.25) is 0 Å². The van der Waals surface area contributed by atoms with Crippen molar-refractivity contribution in [1.29, 1.82) is 0 Å². The normalized spacial score (nSPS) is 10.5. The molecule has 0 aliphatic carbocycles. The van der Waals surface area contributed by atoms with Gasteiger partial charge < -0.3 is 15.6 Å². The van der Waals surface area contributed by atoms with Gasteiger partial charge in [-0.2, -0.15) is 0 Å². The molecule has 208 valence electrons. The molecule has 0 saturated carbocycles. The van der Waals surface area contributed by atoms with Gasteiger partial charge in [0.05, 0.1) is 23.9 Å². The number of nitrogen functional groups attached to an aromatic ring is 1. The molecule has 0 bridgehead atoms. The van der Waals surface area contributed by atoms with Crippen LogP contribution in [-0.2, 0) is 4.74 Å². The van der Waals surface area contributed by atoms with Crippen LogP contribution in [0.25, 0.3) is 22.3 Å². The zero-order chi connectivity index (χ0) is 29.9. The molecule has 0 radical (unpaired) electrons. The first-order valence-electron chi connectivity index (χ1n) is 11.7. The van der Waals surface area contributed by atoms with E-state index in [0.29, 0.717) is 42.5 Å². The molecule has 5 nitrogen and oxygen atoms in total. The summed E-state index contributed by atoms with van der Waals surface area (Å²) in [7, 11) is 1.30. The molecule has 0 fully saturated rings. The fourth-order valence-electron chi connectivity index (χ4n) is 4.06. The average molecular weight is 665 g/mol. The van der Waals surface area contributed by atoms with Gasteiger partial charge in [-0.15, -0.1) is 0 Å². The number of carboxylic acids is 1. The van der Waals surface area contributed by atoms with Crippen LogP contribution in [0.1, 0.15) is 37.4 Å². The van der Waals surface area contributed by atoms with Crippen LogP contribution in [0.2, 0.25) is 0 Å². The van der Waals surface area contributed by atoms with Crippen molar-refractivity contribution in [1.82, 2.24) is 0 Å². The number of ether oxygens (including phenoxy) is 1. The molecule has 4 aromatic rings. The Balaban J connectivity index is 0.000000220. The Bertz CT molecular complexity index is 1640. The van der Waals surface area contributed by atoms with E-state index in [9.17, 15) is 27.2 Å². The van der Waals surface area contributed by atoms with Crippen molar-refractivity contribution in [3.63, 3.8) is 0 Å². The van der Waals surface area contributed by atoms with Crippen molar-refractivity contribution >= 4 is 40.2 Å². The first kappa shape index (κ1) is 30.6. The van der Waals surface area contributed by atoms with E-state index in [1.807, 2.05) is 22.6 Å². The number of anilines is 1. The number of hydrogen-bond donors (Lipinski definition) is 2. The number of aryl methyl sites for hydroxylation is 1. The number of methoxy groups -OCH3 is 1. The fraction of sp³-hybridized carbons (Fsp3) is 0.133. The lowest BCUT2D eigenvalue weighted by atomic mass is 9.93. The van der Waals surface area contributed by atoms with Crippen molar-refractivity contribution in [2.75, 3.05) is 12.8 Å². The number of carbonyl (C=O) groups excluding carboxylic acids is 1. The van der Waals surface area contributed by atoms with Crippen LogP contribution in [0.3, 0.4) is 0 Å². The van der Waals surface area contributed by atoms with E-state index in [1.165, 1.54) is 31.4 Å². The first-order valence-corrected chi connectivity index (χ1v) is 12.8. The molecule has 40 heavy (non-hydrogen) atoms. The van der Waals surface area contributed by atoms with Gasteiger partial charge in [-0.3, -0.25) is 0 Å². The number of hydrogen-bond acceptors (Lipinski definition) is 4. The minimum Gasteiger partial charge on any atom is -0.478 e. The monoisotopic (exact) mass is 665 g/mol. The number of esters is 1. The molecule has 0 unspecified atom stereocenters.